The van der Waals surface area contributed by atoms with Crippen molar-refractivity contribution in [2.45, 2.75) is 11.8 Å². The van der Waals surface area contributed by atoms with Crippen molar-refractivity contribution in [3.05, 3.63) is 0 Å². The van der Waals surface area contributed by atoms with Gasteiger partial charge >= 0.3 is 11.8 Å². The molecule has 0 saturated carbocycles. The first-order valence-corrected chi connectivity index (χ1v) is 6.06. The third-order valence-corrected chi connectivity index (χ3v) is 5.20. The van der Waals surface area contributed by atoms with Gasteiger partial charge in [0.15, 0.2) is 7.45 Å². The second kappa shape index (κ2) is 3.50. The fourth-order valence-corrected chi connectivity index (χ4v) is 3.15. The van der Waals surface area contributed by atoms with Gasteiger partial charge < -0.3 is 0 Å². The summed E-state index contributed by atoms with van der Waals surface area (Å²) >= 11 is 0. The monoisotopic (exact) mass is 249 g/mol. The number of hydrogen-bond donors (Lipinski definition) is 0. The lowest BCUT2D eigenvalue weighted by Crippen LogP contribution is -2.17. The highest BCUT2D eigenvalue weighted by Crippen LogP contribution is 2.93. The van der Waals surface area contributed by atoms with Gasteiger partial charge in [-0.2, -0.15) is 26.3 Å². The van der Waals surface area contributed by atoms with E-state index < -0.39 is 26.9 Å². The van der Waals surface area contributed by atoms with Gasteiger partial charge in [-0.05, 0) is 0 Å². The smallest absolute Gasteiger partial charge is 0.200 e. The van der Waals surface area contributed by atoms with Crippen LogP contribution in [0.15, 0.2) is 0 Å². The molecule has 0 rings (SSSR count). The van der Waals surface area contributed by atoms with E-state index in [0.717, 1.165) is 0 Å². The maximum absolute atomic E-state index is 11.9. The SMILES string of the molecule is [B-][P+](F)(F)P(C(F)(F)F)C(F)(F)F. The summed E-state index contributed by atoms with van der Waals surface area (Å²) in [5.74, 6) is -12.0. The highest BCUT2D eigenvalue weighted by atomic mass is 32.1. The Morgan fingerprint density at radius 2 is 1.08 bits per heavy atom. The predicted octanol–water partition coefficient (Wildman–Crippen LogP) is 4.29. The van der Waals surface area contributed by atoms with Crippen LogP contribution in [0, 0.1) is 0 Å². The minimum Gasteiger partial charge on any atom is -0.200 e. The first-order valence-electron chi connectivity index (χ1n) is 2.38. The van der Waals surface area contributed by atoms with E-state index in [2.05, 4.69) is 7.57 Å². The van der Waals surface area contributed by atoms with Crippen molar-refractivity contribution in [2.24, 2.45) is 0 Å². The second-order valence-electron chi connectivity index (χ2n) is 1.77. The topological polar surface area (TPSA) is 0 Å². The molecule has 0 aromatic heterocycles. The van der Waals surface area contributed by atoms with Crippen molar-refractivity contribution in [1.29, 1.82) is 0 Å². The molecule has 0 aromatic rings. The number of alkyl halides is 6. The molecular weight excluding hydrogens is 249 g/mol. The van der Waals surface area contributed by atoms with Crippen LogP contribution in [0.1, 0.15) is 0 Å². The third kappa shape index (κ3) is 3.94. The Bertz CT molecular complexity index is 143. The van der Waals surface area contributed by atoms with Crippen molar-refractivity contribution in [2.75, 3.05) is 0 Å². The Balaban J connectivity index is 5.02. The molecule has 0 aliphatic heterocycles. The molecule has 0 N–H and O–H groups in total. The predicted molar refractivity (Wildman–Crippen MR) is 33.9 cm³/mol. The molecule has 0 heterocycles. The molecule has 0 bridgehead atoms. The van der Waals surface area contributed by atoms with E-state index in [4.69, 9.17) is 0 Å². The van der Waals surface area contributed by atoms with E-state index in [1.54, 1.807) is 0 Å². The maximum atomic E-state index is 11.9. The number of rotatable bonds is 1. The standard InChI is InChI=1S/C2BF8P2/c3-13(10,11)12(1(4,5)6)2(7,8)9. The number of hydrogen-bond acceptors (Lipinski definition) is 0. The molecule has 11 heteroatoms. The third-order valence-electron chi connectivity index (χ3n) is 0.747. The van der Waals surface area contributed by atoms with Gasteiger partial charge in [-0.15, -0.1) is 0 Å². The van der Waals surface area contributed by atoms with Gasteiger partial charge in [-0.25, -0.2) is 7.57 Å². The zero-order valence-electron chi connectivity index (χ0n) is 5.50. The van der Waals surface area contributed by atoms with Crippen molar-refractivity contribution < 1.29 is 34.7 Å². The van der Waals surface area contributed by atoms with Crippen molar-refractivity contribution >= 4 is 22.6 Å². The Labute approximate surface area is 70.3 Å². The van der Waals surface area contributed by atoms with Crippen LogP contribution in [-0.2, 0) is 0 Å². The molecule has 0 aromatic carbocycles. The molecule has 0 aliphatic carbocycles. The van der Waals surface area contributed by atoms with E-state index in [1.165, 1.54) is 0 Å². The lowest BCUT2D eigenvalue weighted by atomic mass is 10.8. The summed E-state index contributed by atoms with van der Waals surface area (Å²) in [6.45, 7) is 0. The Morgan fingerprint density at radius 3 is 1.08 bits per heavy atom. The van der Waals surface area contributed by atoms with Gasteiger partial charge in [0.25, 0.3) is 7.61 Å². The minimum absolute atomic E-state index is 3.62. The lowest BCUT2D eigenvalue weighted by molar-refractivity contribution is -0.0800. The molecule has 77 valence electrons. The molecule has 0 fully saturated rings. The first kappa shape index (κ1) is 13.4. The number of halogens is 8. The quantitative estimate of drug-likeness (QED) is 0.369. The van der Waals surface area contributed by atoms with Gasteiger partial charge in [0.05, 0.1) is 0 Å². The molecule has 0 spiro atoms. The Morgan fingerprint density at radius 1 is 0.846 bits per heavy atom. The highest BCUT2D eigenvalue weighted by Gasteiger charge is 2.69. The fraction of sp³-hybridized carbons (Fsp3) is 1.00. The minimum atomic E-state index is -6.45. The zero-order chi connectivity index (χ0) is 11.1. The van der Waals surface area contributed by atoms with Crippen LogP contribution in [0.5, 0.6) is 0 Å². The molecule has 0 saturated heterocycles. The Hall–Kier alpha value is 0.365. The molecular formula is C2BF8P2. The van der Waals surface area contributed by atoms with Crippen LogP contribution in [0.25, 0.3) is 0 Å². The van der Waals surface area contributed by atoms with E-state index in [9.17, 15) is 34.7 Å². The van der Waals surface area contributed by atoms with Gasteiger partial charge in [-0.3, -0.25) is 0 Å². The molecule has 0 unspecified atom stereocenters. The van der Waals surface area contributed by atoms with Gasteiger partial charge in [0.1, 0.15) is 0 Å². The summed E-state index contributed by atoms with van der Waals surface area (Å²) < 4.78 is 92.6. The largest absolute Gasteiger partial charge is 0.452 e. The van der Waals surface area contributed by atoms with Crippen LogP contribution in [0.2, 0.25) is 0 Å². The summed E-state index contributed by atoms with van der Waals surface area (Å²) in [5.41, 5.74) is 0. The average molecular weight is 249 g/mol. The van der Waals surface area contributed by atoms with E-state index >= 15 is 0 Å². The average Bonchev–Trinajstić information content (AvgIpc) is 1.44. The van der Waals surface area contributed by atoms with Crippen molar-refractivity contribution in [3.8, 4) is 0 Å². The normalized spacial score (nSPS) is 15.2. The van der Waals surface area contributed by atoms with Gasteiger partial charge in [-0.1, -0.05) is 8.39 Å². The molecule has 0 nitrogen and oxygen atoms in total. The molecule has 0 aliphatic rings. The van der Waals surface area contributed by atoms with Gasteiger partial charge in [0.2, 0.25) is 0 Å². The van der Waals surface area contributed by atoms with E-state index in [1.807, 2.05) is 0 Å². The van der Waals surface area contributed by atoms with Crippen molar-refractivity contribution in [3.63, 3.8) is 0 Å². The summed E-state index contributed by atoms with van der Waals surface area (Å²) in [4.78, 5) is 0. The van der Waals surface area contributed by atoms with Crippen LogP contribution >= 0.6 is 15.1 Å². The van der Waals surface area contributed by atoms with Crippen LogP contribution in [0.3, 0.4) is 0 Å². The molecule has 13 heavy (non-hydrogen) atoms. The van der Waals surface area contributed by atoms with Crippen LogP contribution in [0.4, 0.5) is 34.7 Å². The Kier molecular flexibility index (Phi) is 3.60. The summed E-state index contributed by atoms with van der Waals surface area (Å²) in [6, 6.07) is 0. The maximum Gasteiger partial charge on any atom is 0.452 e. The van der Waals surface area contributed by atoms with E-state index in [0.29, 0.717) is 0 Å². The zero-order valence-corrected chi connectivity index (χ0v) is 7.28. The first-order chi connectivity index (χ1) is 5.37. The fourth-order valence-electron chi connectivity index (χ4n) is 0.446. The molecule has 0 atom stereocenters. The molecule has 0 amide bonds. The van der Waals surface area contributed by atoms with Crippen molar-refractivity contribution in [1.82, 2.24) is 0 Å². The van der Waals surface area contributed by atoms with Crippen LogP contribution < -0.4 is 0 Å². The van der Waals surface area contributed by atoms with Crippen LogP contribution in [-0.4, -0.2) is 19.4 Å². The van der Waals surface area contributed by atoms with Gasteiger partial charge in [0, 0.05) is 0 Å². The second-order valence-corrected chi connectivity index (χ2v) is 7.26. The molecule has 3 radical (unpaired) electrons. The summed E-state index contributed by atoms with van der Waals surface area (Å²) in [5, 5.41) is 0. The summed E-state index contributed by atoms with van der Waals surface area (Å²) in [6.07, 6.45) is 0. The lowest BCUT2D eigenvalue weighted by Gasteiger charge is -2.26. The highest BCUT2D eigenvalue weighted by molar-refractivity contribution is 8.44. The van der Waals surface area contributed by atoms with E-state index in [-0.39, 0.29) is 0 Å². The summed E-state index contributed by atoms with van der Waals surface area (Å²) in [7, 11) is -8.26.